The molecule has 0 amide bonds. The van der Waals surface area contributed by atoms with Gasteiger partial charge in [0.25, 0.3) is 0 Å². The molecule has 0 aliphatic rings. The van der Waals surface area contributed by atoms with Crippen molar-refractivity contribution in [3.8, 4) is 0 Å². The summed E-state index contributed by atoms with van der Waals surface area (Å²) in [6.07, 6.45) is 1.34. The molecule has 1 aromatic heterocycles. The van der Waals surface area contributed by atoms with E-state index in [4.69, 9.17) is 10.9 Å². The van der Waals surface area contributed by atoms with Gasteiger partial charge in [-0.05, 0) is 18.9 Å². The number of nitrogens with one attached hydrogen (secondary N) is 2. The zero-order chi connectivity index (χ0) is 12.7. The molecule has 0 aromatic carbocycles. The van der Waals surface area contributed by atoms with Gasteiger partial charge in [-0.2, -0.15) is 0 Å². The van der Waals surface area contributed by atoms with Gasteiger partial charge in [0.1, 0.15) is 5.82 Å². The van der Waals surface area contributed by atoms with E-state index in [0.29, 0.717) is 25.2 Å². The van der Waals surface area contributed by atoms with Crippen LogP contribution in [0.3, 0.4) is 0 Å². The number of hydrazine groups is 1. The van der Waals surface area contributed by atoms with E-state index in [0.717, 1.165) is 0 Å². The van der Waals surface area contributed by atoms with Crippen LogP contribution in [0, 0.1) is 10.1 Å². The Kier molecular flexibility index (Phi) is 5.11. The van der Waals surface area contributed by atoms with Crippen LogP contribution in [0.5, 0.6) is 0 Å². The molecule has 0 aliphatic heterocycles. The third-order valence-electron chi connectivity index (χ3n) is 2.10. The number of anilines is 2. The molecule has 0 aliphatic carbocycles. The molecule has 8 nitrogen and oxygen atoms in total. The van der Waals surface area contributed by atoms with E-state index < -0.39 is 4.92 Å². The molecule has 0 spiro atoms. The Morgan fingerprint density at radius 3 is 2.82 bits per heavy atom. The number of hydrogen-bond acceptors (Lipinski definition) is 7. The molecule has 1 aromatic rings. The van der Waals surface area contributed by atoms with Crippen molar-refractivity contribution in [1.82, 2.24) is 4.98 Å². The fourth-order valence-corrected chi connectivity index (χ4v) is 1.25. The number of nitro groups is 1. The van der Waals surface area contributed by atoms with Gasteiger partial charge in [0.05, 0.1) is 4.92 Å². The highest BCUT2D eigenvalue weighted by atomic mass is 16.6. The highest BCUT2D eigenvalue weighted by Gasteiger charge is 2.15. The van der Waals surface area contributed by atoms with E-state index >= 15 is 0 Å². The number of nitrogens with two attached hydrogens (primary N) is 1. The second-order valence-electron chi connectivity index (χ2n) is 3.32. The van der Waals surface area contributed by atoms with E-state index in [-0.39, 0.29) is 18.1 Å². The van der Waals surface area contributed by atoms with Crippen LogP contribution in [-0.4, -0.2) is 28.2 Å². The molecule has 0 fully saturated rings. The van der Waals surface area contributed by atoms with Crippen LogP contribution in [0.4, 0.5) is 17.3 Å². The van der Waals surface area contributed by atoms with Crippen molar-refractivity contribution in [3.05, 3.63) is 22.2 Å². The van der Waals surface area contributed by atoms with Crippen molar-refractivity contribution in [2.75, 3.05) is 23.9 Å². The zero-order valence-electron chi connectivity index (χ0n) is 9.22. The second kappa shape index (κ2) is 6.61. The SMILES string of the molecule is NNc1ccc([N+](=O)[O-])c(NCCCCO)n1. The standard InChI is InChI=1S/C9H15N5O3/c10-13-8-4-3-7(14(16)17)9(12-8)11-5-1-2-6-15/h3-4,15H,1-2,5-6,10H2,(H2,11,12,13). The van der Waals surface area contributed by atoms with Crippen LogP contribution < -0.4 is 16.6 Å². The molecule has 0 unspecified atom stereocenters. The fraction of sp³-hybridized carbons (Fsp3) is 0.444. The van der Waals surface area contributed by atoms with E-state index in [1.165, 1.54) is 12.1 Å². The maximum atomic E-state index is 10.7. The summed E-state index contributed by atoms with van der Waals surface area (Å²) in [6.45, 7) is 0.601. The Balaban J connectivity index is 2.75. The zero-order valence-corrected chi connectivity index (χ0v) is 9.22. The van der Waals surface area contributed by atoms with Crippen LogP contribution >= 0.6 is 0 Å². The quantitative estimate of drug-likeness (QED) is 0.236. The smallest absolute Gasteiger partial charge is 0.311 e. The minimum Gasteiger partial charge on any atom is -0.396 e. The van der Waals surface area contributed by atoms with Crippen LogP contribution in [0.15, 0.2) is 12.1 Å². The lowest BCUT2D eigenvalue weighted by molar-refractivity contribution is -0.384. The molecule has 5 N–H and O–H groups in total. The lowest BCUT2D eigenvalue weighted by atomic mass is 10.3. The Morgan fingerprint density at radius 2 is 2.24 bits per heavy atom. The molecule has 0 saturated heterocycles. The van der Waals surface area contributed by atoms with Gasteiger partial charge in [0.2, 0.25) is 5.82 Å². The Morgan fingerprint density at radius 1 is 1.47 bits per heavy atom. The minimum atomic E-state index is -0.512. The van der Waals surface area contributed by atoms with Crippen LogP contribution in [0.1, 0.15) is 12.8 Å². The highest BCUT2D eigenvalue weighted by Crippen LogP contribution is 2.23. The largest absolute Gasteiger partial charge is 0.396 e. The van der Waals surface area contributed by atoms with E-state index in [2.05, 4.69) is 15.7 Å². The van der Waals surface area contributed by atoms with Gasteiger partial charge in [-0.15, -0.1) is 0 Å². The van der Waals surface area contributed by atoms with E-state index in [1.807, 2.05) is 0 Å². The lowest BCUT2D eigenvalue weighted by Gasteiger charge is -2.07. The monoisotopic (exact) mass is 241 g/mol. The van der Waals surface area contributed by atoms with Crippen molar-refractivity contribution >= 4 is 17.3 Å². The summed E-state index contributed by atoms with van der Waals surface area (Å²) in [7, 11) is 0. The number of aliphatic hydroxyl groups excluding tert-OH is 1. The van der Waals surface area contributed by atoms with Crippen LogP contribution in [-0.2, 0) is 0 Å². The Bertz CT molecular complexity index is 385. The number of hydrogen-bond donors (Lipinski definition) is 4. The van der Waals surface area contributed by atoms with Gasteiger partial charge >= 0.3 is 5.69 Å². The van der Waals surface area contributed by atoms with Gasteiger partial charge < -0.3 is 15.8 Å². The number of nitrogen functional groups attached to an aromatic ring is 1. The predicted molar refractivity (Wildman–Crippen MR) is 63.5 cm³/mol. The molecule has 0 bridgehead atoms. The Labute approximate surface area is 98.0 Å². The van der Waals surface area contributed by atoms with Crippen molar-refractivity contribution < 1.29 is 10.0 Å². The normalized spacial score (nSPS) is 10.0. The molecule has 0 atom stereocenters. The number of unbranched alkanes of at least 4 members (excludes halogenated alkanes) is 1. The molecular formula is C9H15N5O3. The average molecular weight is 241 g/mol. The van der Waals surface area contributed by atoms with Crippen LogP contribution in [0.25, 0.3) is 0 Å². The first-order valence-corrected chi connectivity index (χ1v) is 5.16. The summed E-state index contributed by atoms with van der Waals surface area (Å²) in [5.74, 6) is 5.70. The van der Waals surface area contributed by atoms with Crippen molar-refractivity contribution in [3.63, 3.8) is 0 Å². The number of aliphatic hydroxyl groups is 1. The lowest BCUT2D eigenvalue weighted by Crippen LogP contribution is -2.12. The molecule has 0 radical (unpaired) electrons. The van der Waals surface area contributed by atoms with Gasteiger partial charge in [-0.25, -0.2) is 10.8 Å². The summed E-state index contributed by atoms with van der Waals surface area (Å²) >= 11 is 0. The molecule has 1 heterocycles. The summed E-state index contributed by atoms with van der Waals surface area (Å²) in [5, 5.41) is 22.2. The third-order valence-corrected chi connectivity index (χ3v) is 2.10. The van der Waals surface area contributed by atoms with E-state index in [9.17, 15) is 10.1 Å². The molecule has 17 heavy (non-hydrogen) atoms. The van der Waals surface area contributed by atoms with Crippen LogP contribution in [0.2, 0.25) is 0 Å². The number of pyridine rings is 1. The van der Waals surface area contributed by atoms with Gasteiger partial charge in [0, 0.05) is 19.2 Å². The topological polar surface area (TPSA) is 126 Å². The molecule has 8 heteroatoms. The van der Waals surface area contributed by atoms with Crippen molar-refractivity contribution in [2.45, 2.75) is 12.8 Å². The number of aromatic nitrogens is 1. The second-order valence-corrected chi connectivity index (χ2v) is 3.32. The maximum absolute atomic E-state index is 10.7. The third kappa shape index (κ3) is 3.85. The minimum absolute atomic E-state index is 0.0988. The molecule has 0 saturated carbocycles. The van der Waals surface area contributed by atoms with Gasteiger partial charge in [-0.3, -0.25) is 10.1 Å². The number of nitrogens with zero attached hydrogens (tertiary/aromatic N) is 2. The first kappa shape index (κ1) is 13.1. The first-order valence-electron chi connectivity index (χ1n) is 5.16. The van der Waals surface area contributed by atoms with Gasteiger partial charge in [0.15, 0.2) is 0 Å². The fourth-order valence-electron chi connectivity index (χ4n) is 1.25. The molecule has 94 valence electrons. The number of rotatable bonds is 7. The summed E-state index contributed by atoms with van der Waals surface area (Å²) in [4.78, 5) is 14.2. The molecule has 1 rings (SSSR count). The van der Waals surface area contributed by atoms with Crippen molar-refractivity contribution in [1.29, 1.82) is 0 Å². The average Bonchev–Trinajstić information content (AvgIpc) is 2.34. The molecular weight excluding hydrogens is 226 g/mol. The highest BCUT2D eigenvalue weighted by molar-refractivity contribution is 5.59. The van der Waals surface area contributed by atoms with E-state index in [1.54, 1.807) is 0 Å². The maximum Gasteiger partial charge on any atom is 0.311 e. The first-order chi connectivity index (χ1) is 8.19. The summed E-state index contributed by atoms with van der Waals surface area (Å²) in [5.41, 5.74) is 2.22. The van der Waals surface area contributed by atoms with Crippen molar-refractivity contribution in [2.24, 2.45) is 5.84 Å². The summed E-state index contributed by atoms with van der Waals surface area (Å²) < 4.78 is 0. The Hall–Kier alpha value is -1.93. The van der Waals surface area contributed by atoms with Gasteiger partial charge in [-0.1, -0.05) is 0 Å². The summed E-state index contributed by atoms with van der Waals surface area (Å²) in [6, 6.07) is 2.76. The predicted octanol–water partition coefficient (Wildman–Crippen LogP) is 0.460.